The Labute approximate surface area is 151 Å². The third-order valence-electron chi connectivity index (χ3n) is 9.41. The quantitative estimate of drug-likeness (QED) is 0.524. The van der Waals surface area contributed by atoms with Crippen LogP contribution in [0.5, 0.6) is 0 Å². The molecule has 1 heterocycles. The molecule has 0 radical (unpaired) electrons. The number of fused-ring (bicyclic) bond motifs is 6. The second kappa shape index (κ2) is 5.12. The van der Waals surface area contributed by atoms with Crippen LogP contribution >= 0.6 is 0 Å². The molecule has 1 aliphatic heterocycles. The Hall–Kier alpha value is -0.830. The highest BCUT2D eigenvalue weighted by atomic mass is 16.6. The van der Waals surface area contributed by atoms with Gasteiger partial charge < -0.3 is 9.84 Å². The molecular weight excluding hydrogens is 312 g/mol. The third-order valence-corrected chi connectivity index (χ3v) is 9.41. The van der Waals surface area contributed by atoms with Crippen LogP contribution in [0.15, 0.2) is 11.6 Å². The molecule has 1 N–H and O–H groups in total. The van der Waals surface area contributed by atoms with Crippen molar-refractivity contribution < 1.29 is 14.6 Å². The fourth-order valence-electron chi connectivity index (χ4n) is 7.94. The van der Waals surface area contributed by atoms with E-state index in [9.17, 15) is 9.90 Å². The van der Waals surface area contributed by atoms with Gasteiger partial charge in [-0.2, -0.15) is 0 Å². The summed E-state index contributed by atoms with van der Waals surface area (Å²) in [6.45, 7) is 4.91. The van der Waals surface area contributed by atoms with Crippen LogP contribution in [0.25, 0.3) is 0 Å². The van der Waals surface area contributed by atoms with Gasteiger partial charge in [-0.1, -0.05) is 25.5 Å². The summed E-state index contributed by atoms with van der Waals surface area (Å²) in [4.78, 5) is 11.9. The lowest BCUT2D eigenvalue weighted by molar-refractivity contribution is -0.167. The summed E-state index contributed by atoms with van der Waals surface area (Å²) in [6, 6.07) is 0. The summed E-state index contributed by atoms with van der Waals surface area (Å²) in [5.41, 5.74) is 1.85. The highest BCUT2D eigenvalue weighted by Crippen LogP contribution is 2.69. The lowest BCUT2D eigenvalue weighted by Crippen LogP contribution is -2.54. The first-order valence-electron chi connectivity index (χ1n) is 10.5. The van der Waals surface area contributed by atoms with Gasteiger partial charge in [0, 0.05) is 11.8 Å². The van der Waals surface area contributed by atoms with Crippen molar-refractivity contribution in [2.75, 3.05) is 0 Å². The lowest BCUT2D eigenvalue weighted by Gasteiger charge is -2.59. The maximum absolute atomic E-state index is 11.9. The highest BCUT2D eigenvalue weighted by Gasteiger charge is 2.66. The van der Waals surface area contributed by atoms with E-state index in [1.807, 2.05) is 0 Å². The number of aliphatic hydroxyl groups is 1. The van der Waals surface area contributed by atoms with Crippen LogP contribution in [0.2, 0.25) is 0 Å². The van der Waals surface area contributed by atoms with Crippen molar-refractivity contribution in [1.29, 1.82) is 0 Å². The lowest BCUT2D eigenvalue weighted by atomic mass is 9.47. The van der Waals surface area contributed by atoms with E-state index in [0.29, 0.717) is 17.8 Å². The number of esters is 1. The van der Waals surface area contributed by atoms with Gasteiger partial charge in [0.15, 0.2) is 0 Å². The summed E-state index contributed by atoms with van der Waals surface area (Å²) >= 11 is 0. The Morgan fingerprint density at radius 2 is 1.88 bits per heavy atom. The molecule has 4 fully saturated rings. The Bertz CT molecular complexity index is 639. The first kappa shape index (κ1) is 16.4. The Balaban J connectivity index is 1.49. The van der Waals surface area contributed by atoms with E-state index in [2.05, 4.69) is 19.9 Å². The van der Waals surface area contributed by atoms with E-state index < -0.39 is 0 Å². The number of hydrogen-bond donors (Lipinski definition) is 1. The summed E-state index contributed by atoms with van der Waals surface area (Å²) < 4.78 is 6.02. The molecule has 0 aromatic heterocycles. The van der Waals surface area contributed by atoms with Crippen LogP contribution in [-0.4, -0.2) is 22.8 Å². The number of ether oxygens (including phenoxy) is 1. The molecule has 0 aromatic rings. The summed E-state index contributed by atoms with van der Waals surface area (Å²) in [6.07, 6.45) is 12.9. The summed E-state index contributed by atoms with van der Waals surface area (Å²) in [5, 5.41) is 10.1. The number of carbonyl (C=O) groups excluding carboxylic acids is 1. The zero-order valence-electron chi connectivity index (χ0n) is 15.7. The normalized spacial score (nSPS) is 54.5. The third kappa shape index (κ3) is 1.99. The largest absolute Gasteiger partial charge is 0.458 e. The zero-order valence-corrected chi connectivity index (χ0v) is 15.7. The van der Waals surface area contributed by atoms with Crippen LogP contribution in [0, 0.1) is 28.6 Å². The summed E-state index contributed by atoms with van der Waals surface area (Å²) in [7, 11) is 0. The van der Waals surface area contributed by atoms with E-state index in [1.54, 1.807) is 0 Å². The van der Waals surface area contributed by atoms with E-state index in [0.717, 1.165) is 43.9 Å². The molecule has 5 rings (SSSR count). The van der Waals surface area contributed by atoms with Gasteiger partial charge in [0.2, 0.25) is 0 Å². The topological polar surface area (TPSA) is 46.5 Å². The molecule has 138 valence electrons. The number of carbonyl (C=O) groups is 1. The SMILES string of the molecule is C[C@]12CC[C@H](O)CC1=CC[C@H]1[C@H]3CC[C@@]4(CCC(=O)O4)[C@]3(C)CC[C@@H]12. The van der Waals surface area contributed by atoms with Crippen molar-refractivity contribution >= 4 is 5.97 Å². The van der Waals surface area contributed by atoms with Crippen LogP contribution in [0.3, 0.4) is 0 Å². The van der Waals surface area contributed by atoms with Gasteiger partial charge >= 0.3 is 5.97 Å². The molecule has 3 saturated carbocycles. The van der Waals surface area contributed by atoms with E-state index in [1.165, 1.54) is 31.3 Å². The van der Waals surface area contributed by atoms with Gasteiger partial charge in [-0.05, 0) is 81.0 Å². The van der Waals surface area contributed by atoms with E-state index >= 15 is 0 Å². The molecule has 7 atom stereocenters. The molecule has 1 saturated heterocycles. The van der Waals surface area contributed by atoms with Gasteiger partial charge in [0.1, 0.15) is 5.60 Å². The molecule has 0 unspecified atom stereocenters. The number of hydrogen-bond acceptors (Lipinski definition) is 3. The molecule has 0 aromatic carbocycles. The highest BCUT2D eigenvalue weighted by molar-refractivity contribution is 5.72. The van der Waals surface area contributed by atoms with Crippen molar-refractivity contribution in [3.63, 3.8) is 0 Å². The molecule has 0 bridgehead atoms. The fraction of sp³-hybridized carbons (Fsp3) is 0.864. The monoisotopic (exact) mass is 344 g/mol. The molecule has 3 heteroatoms. The maximum atomic E-state index is 11.9. The average molecular weight is 344 g/mol. The van der Waals surface area contributed by atoms with Crippen LogP contribution in [0.4, 0.5) is 0 Å². The first-order valence-corrected chi connectivity index (χ1v) is 10.5. The Morgan fingerprint density at radius 3 is 2.64 bits per heavy atom. The van der Waals surface area contributed by atoms with Crippen molar-refractivity contribution in [3.05, 3.63) is 11.6 Å². The van der Waals surface area contributed by atoms with Crippen LogP contribution in [0.1, 0.15) is 78.1 Å². The average Bonchev–Trinajstić information content (AvgIpc) is 3.10. The van der Waals surface area contributed by atoms with Crippen molar-refractivity contribution in [2.45, 2.75) is 89.8 Å². The molecular formula is C22H32O3. The minimum absolute atomic E-state index is 0.0306. The van der Waals surface area contributed by atoms with Gasteiger partial charge in [0.25, 0.3) is 0 Å². The van der Waals surface area contributed by atoms with Gasteiger partial charge in [-0.15, -0.1) is 0 Å². The molecule has 5 aliphatic rings. The smallest absolute Gasteiger partial charge is 0.306 e. The zero-order chi connectivity index (χ0) is 17.4. The first-order chi connectivity index (χ1) is 11.9. The van der Waals surface area contributed by atoms with Crippen LogP contribution < -0.4 is 0 Å². The standard InChI is InChI=1S/C22H32O3/c1-20-9-5-15(23)13-14(20)3-4-16-17(20)6-10-21(2)18(16)7-11-22(21)12-8-19(24)25-22/h3,15-18,23H,4-13H2,1-2H3/t15-,16+,17-,18+,20-,21+,22+/m0/s1. The van der Waals surface area contributed by atoms with E-state index in [4.69, 9.17) is 4.74 Å². The second-order valence-corrected chi connectivity index (χ2v) is 10.1. The molecule has 0 amide bonds. The minimum atomic E-state index is -0.159. The van der Waals surface area contributed by atoms with Crippen molar-refractivity contribution in [3.8, 4) is 0 Å². The van der Waals surface area contributed by atoms with Crippen molar-refractivity contribution in [2.24, 2.45) is 28.6 Å². The Morgan fingerprint density at radius 1 is 1.08 bits per heavy atom. The Kier molecular flexibility index (Phi) is 3.35. The minimum Gasteiger partial charge on any atom is -0.458 e. The molecule has 25 heavy (non-hydrogen) atoms. The predicted molar refractivity (Wildman–Crippen MR) is 95.8 cm³/mol. The predicted octanol–water partition coefficient (Wildman–Crippen LogP) is 4.39. The van der Waals surface area contributed by atoms with Gasteiger partial charge in [-0.3, -0.25) is 4.79 Å². The molecule has 4 aliphatic carbocycles. The molecule has 1 spiro atoms. The van der Waals surface area contributed by atoms with Crippen molar-refractivity contribution in [1.82, 2.24) is 0 Å². The summed E-state index contributed by atoms with van der Waals surface area (Å²) in [5.74, 6) is 2.22. The fourth-order valence-corrected chi connectivity index (χ4v) is 7.94. The number of rotatable bonds is 0. The van der Waals surface area contributed by atoms with Crippen LogP contribution in [-0.2, 0) is 9.53 Å². The second-order valence-electron chi connectivity index (χ2n) is 10.1. The number of allylic oxidation sites excluding steroid dienone is 1. The van der Waals surface area contributed by atoms with Gasteiger partial charge in [0.05, 0.1) is 6.10 Å². The molecule has 3 nitrogen and oxygen atoms in total. The number of aliphatic hydroxyl groups excluding tert-OH is 1. The van der Waals surface area contributed by atoms with E-state index in [-0.39, 0.29) is 23.1 Å². The maximum Gasteiger partial charge on any atom is 0.306 e. The van der Waals surface area contributed by atoms with Gasteiger partial charge in [-0.25, -0.2) is 0 Å².